The minimum Gasteiger partial charge on any atom is -0.462 e. The van der Waals surface area contributed by atoms with Crippen LogP contribution in [0.3, 0.4) is 0 Å². The first-order valence-corrected chi connectivity index (χ1v) is 5.43. The largest absolute Gasteiger partial charge is 0.462 e. The normalized spacial score (nSPS) is 13.7. The van der Waals surface area contributed by atoms with Crippen LogP contribution in [0.15, 0.2) is 0 Å². The molecule has 0 saturated carbocycles. The van der Waals surface area contributed by atoms with Gasteiger partial charge in [0.15, 0.2) is 0 Å². The summed E-state index contributed by atoms with van der Waals surface area (Å²) in [5, 5.41) is 0. The summed E-state index contributed by atoms with van der Waals surface area (Å²) < 4.78 is 10.4. The van der Waals surface area contributed by atoms with Gasteiger partial charge in [0.05, 0.1) is 12.2 Å². The lowest BCUT2D eigenvalue weighted by Crippen LogP contribution is -2.33. The maximum Gasteiger partial charge on any atom is 0.322 e. The third-order valence-electron chi connectivity index (χ3n) is 1.77. The molecule has 0 bridgehead atoms. The molecule has 0 saturated heterocycles. The molecule has 0 aromatic heterocycles. The SMILES string of the molecule is CCC[C@@H](N)C(=O)OCCOC(C)(C)C. The van der Waals surface area contributed by atoms with Crippen LogP contribution < -0.4 is 5.73 Å². The van der Waals surface area contributed by atoms with Crippen molar-refractivity contribution in [2.45, 2.75) is 52.2 Å². The Morgan fingerprint density at radius 3 is 2.40 bits per heavy atom. The lowest BCUT2D eigenvalue weighted by Gasteiger charge is -2.19. The third kappa shape index (κ3) is 8.39. The maximum atomic E-state index is 11.3. The summed E-state index contributed by atoms with van der Waals surface area (Å²) in [5.74, 6) is -0.339. The Hall–Kier alpha value is -0.610. The van der Waals surface area contributed by atoms with Crippen molar-refractivity contribution in [2.24, 2.45) is 5.73 Å². The molecule has 0 aliphatic carbocycles. The number of hydrogen-bond donors (Lipinski definition) is 1. The molecule has 0 aliphatic rings. The highest BCUT2D eigenvalue weighted by Gasteiger charge is 2.14. The van der Waals surface area contributed by atoms with Crippen molar-refractivity contribution >= 4 is 5.97 Å². The molecular weight excluding hydrogens is 194 g/mol. The van der Waals surface area contributed by atoms with E-state index in [0.717, 1.165) is 6.42 Å². The van der Waals surface area contributed by atoms with Crippen LogP contribution >= 0.6 is 0 Å². The molecule has 0 aliphatic heterocycles. The molecule has 0 unspecified atom stereocenters. The molecule has 0 rings (SSSR count). The van der Waals surface area contributed by atoms with Crippen molar-refractivity contribution in [2.75, 3.05) is 13.2 Å². The lowest BCUT2D eigenvalue weighted by molar-refractivity contribution is -0.148. The number of hydrogen-bond acceptors (Lipinski definition) is 4. The molecule has 90 valence electrons. The van der Waals surface area contributed by atoms with Crippen molar-refractivity contribution in [3.05, 3.63) is 0 Å². The van der Waals surface area contributed by atoms with Gasteiger partial charge < -0.3 is 15.2 Å². The van der Waals surface area contributed by atoms with E-state index in [1.165, 1.54) is 0 Å². The summed E-state index contributed by atoms with van der Waals surface area (Å²) >= 11 is 0. The summed E-state index contributed by atoms with van der Waals surface area (Å²) in [7, 11) is 0. The van der Waals surface area contributed by atoms with Crippen LogP contribution in [0.5, 0.6) is 0 Å². The second-order valence-electron chi connectivity index (χ2n) is 4.52. The Bertz CT molecular complexity index is 187. The predicted octanol–water partition coefficient (Wildman–Crippen LogP) is 1.47. The molecule has 2 N–H and O–H groups in total. The fourth-order valence-electron chi connectivity index (χ4n) is 1.03. The molecule has 1 atom stereocenters. The van der Waals surface area contributed by atoms with E-state index >= 15 is 0 Å². The van der Waals surface area contributed by atoms with Gasteiger partial charge in [-0.3, -0.25) is 4.79 Å². The van der Waals surface area contributed by atoms with Crippen LogP contribution in [0, 0.1) is 0 Å². The fraction of sp³-hybridized carbons (Fsp3) is 0.909. The molecule has 0 spiro atoms. The molecule has 4 heteroatoms. The van der Waals surface area contributed by atoms with Crippen LogP contribution in [0.25, 0.3) is 0 Å². The molecule has 0 aromatic carbocycles. The summed E-state index contributed by atoms with van der Waals surface area (Å²) in [6, 6.07) is -0.496. The van der Waals surface area contributed by atoms with E-state index in [1.807, 2.05) is 27.7 Å². The highest BCUT2D eigenvalue weighted by molar-refractivity contribution is 5.75. The van der Waals surface area contributed by atoms with Gasteiger partial charge in [0.2, 0.25) is 0 Å². The maximum absolute atomic E-state index is 11.3. The molecule has 0 amide bonds. The average Bonchev–Trinajstić information content (AvgIpc) is 2.11. The molecular formula is C11H23NO3. The second-order valence-corrected chi connectivity index (χ2v) is 4.52. The molecule has 15 heavy (non-hydrogen) atoms. The average molecular weight is 217 g/mol. The summed E-state index contributed by atoms with van der Waals surface area (Å²) in [5.41, 5.74) is 5.38. The molecule has 4 nitrogen and oxygen atoms in total. The van der Waals surface area contributed by atoms with Gasteiger partial charge >= 0.3 is 5.97 Å². The van der Waals surface area contributed by atoms with Crippen LogP contribution in [0.4, 0.5) is 0 Å². The van der Waals surface area contributed by atoms with E-state index in [-0.39, 0.29) is 18.2 Å². The number of ether oxygens (including phenoxy) is 2. The van der Waals surface area contributed by atoms with Crippen LogP contribution in [-0.4, -0.2) is 30.8 Å². The van der Waals surface area contributed by atoms with E-state index in [0.29, 0.717) is 13.0 Å². The first-order chi connectivity index (χ1) is 6.87. The topological polar surface area (TPSA) is 61.6 Å². The van der Waals surface area contributed by atoms with Gasteiger partial charge in [-0.05, 0) is 27.2 Å². The van der Waals surface area contributed by atoms with E-state index in [4.69, 9.17) is 15.2 Å². The highest BCUT2D eigenvalue weighted by atomic mass is 16.6. The lowest BCUT2D eigenvalue weighted by atomic mass is 10.2. The van der Waals surface area contributed by atoms with E-state index in [2.05, 4.69) is 0 Å². The number of nitrogens with two attached hydrogens (primary N) is 1. The third-order valence-corrected chi connectivity index (χ3v) is 1.77. The first kappa shape index (κ1) is 14.4. The summed E-state index contributed by atoms with van der Waals surface area (Å²) in [4.78, 5) is 11.3. The Kier molecular flexibility index (Phi) is 6.52. The van der Waals surface area contributed by atoms with Gasteiger partial charge in [0.1, 0.15) is 12.6 Å². The van der Waals surface area contributed by atoms with Gasteiger partial charge in [-0.1, -0.05) is 13.3 Å². The van der Waals surface area contributed by atoms with Crippen LogP contribution in [0.1, 0.15) is 40.5 Å². The van der Waals surface area contributed by atoms with E-state index < -0.39 is 6.04 Å². The highest BCUT2D eigenvalue weighted by Crippen LogP contribution is 2.05. The van der Waals surface area contributed by atoms with Crippen LogP contribution in [-0.2, 0) is 14.3 Å². The monoisotopic (exact) mass is 217 g/mol. The van der Waals surface area contributed by atoms with E-state index in [9.17, 15) is 4.79 Å². The number of rotatable bonds is 6. The Morgan fingerprint density at radius 2 is 1.93 bits per heavy atom. The first-order valence-electron chi connectivity index (χ1n) is 5.43. The Morgan fingerprint density at radius 1 is 1.33 bits per heavy atom. The van der Waals surface area contributed by atoms with Crippen molar-refractivity contribution < 1.29 is 14.3 Å². The minimum atomic E-state index is -0.496. The Labute approximate surface area is 92.1 Å². The molecule has 0 radical (unpaired) electrons. The molecule has 0 fully saturated rings. The van der Waals surface area contributed by atoms with Gasteiger partial charge in [-0.25, -0.2) is 0 Å². The Balaban J connectivity index is 3.55. The fourth-order valence-corrected chi connectivity index (χ4v) is 1.03. The zero-order valence-electron chi connectivity index (χ0n) is 10.2. The van der Waals surface area contributed by atoms with Gasteiger partial charge in [-0.15, -0.1) is 0 Å². The van der Waals surface area contributed by atoms with Crippen molar-refractivity contribution in [3.63, 3.8) is 0 Å². The minimum absolute atomic E-state index is 0.196. The smallest absolute Gasteiger partial charge is 0.322 e. The van der Waals surface area contributed by atoms with Crippen molar-refractivity contribution in [3.8, 4) is 0 Å². The van der Waals surface area contributed by atoms with Crippen molar-refractivity contribution in [1.29, 1.82) is 0 Å². The number of carbonyl (C=O) groups excluding carboxylic acids is 1. The quantitative estimate of drug-likeness (QED) is 0.540. The molecule has 0 heterocycles. The standard InChI is InChI=1S/C11H23NO3/c1-5-6-9(12)10(13)14-7-8-15-11(2,3)4/h9H,5-8,12H2,1-4H3/t9-/m1/s1. The number of esters is 1. The van der Waals surface area contributed by atoms with Crippen LogP contribution in [0.2, 0.25) is 0 Å². The number of carbonyl (C=O) groups is 1. The van der Waals surface area contributed by atoms with Crippen molar-refractivity contribution in [1.82, 2.24) is 0 Å². The zero-order valence-corrected chi connectivity index (χ0v) is 10.2. The predicted molar refractivity (Wildman–Crippen MR) is 59.5 cm³/mol. The summed E-state index contributed by atoms with van der Waals surface area (Å²) in [6.45, 7) is 8.53. The van der Waals surface area contributed by atoms with Gasteiger partial charge in [0, 0.05) is 0 Å². The summed E-state index contributed by atoms with van der Waals surface area (Å²) in [6.07, 6.45) is 1.55. The second kappa shape index (κ2) is 6.80. The van der Waals surface area contributed by atoms with E-state index in [1.54, 1.807) is 0 Å². The molecule has 0 aromatic rings. The van der Waals surface area contributed by atoms with Gasteiger partial charge in [-0.2, -0.15) is 0 Å². The van der Waals surface area contributed by atoms with Gasteiger partial charge in [0.25, 0.3) is 0 Å². The zero-order chi connectivity index (χ0) is 11.9.